The van der Waals surface area contributed by atoms with Gasteiger partial charge < -0.3 is 19.7 Å². The topological polar surface area (TPSA) is 93.1 Å². The summed E-state index contributed by atoms with van der Waals surface area (Å²) in [5.74, 6) is 0.247. The van der Waals surface area contributed by atoms with Gasteiger partial charge in [-0.1, -0.05) is 74.8 Å². The van der Waals surface area contributed by atoms with Gasteiger partial charge in [-0.15, -0.1) is 0 Å². The van der Waals surface area contributed by atoms with Crippen LogP contribution >= 0.6 is 23.4 Å². The number of rotatable bonds is 7. The summed E-state index contributed by atoms with van der Waals surface area (Å²) in [6, 6.07) is 14.2. The van der Waals surface area contributed by atoms with Crippen molar-refractivity contribution in [1.82, 2.24) is 0 Å². The maximum Gasteiger partial charge on any atom is 0.193 e. The maximum absolute atomic E-state index is 13.8. The van der Waals surface area contributed by atoms with Crippen molar-refractivity contribution in [2.45, 2.75) is 93.7 Å². The highest BCUT2D eigenvalue weighted by Crippen LogP contribution is 2.70. The zero-order valence-corrected chi connectivity index (χ0v) is 28.4. The Morgan fingerprint density at radius 3 is 2.59 bits per heavy atom. The summed E-state index contributed by atoms with van der Waals surface area (Å²) in [6.45, 7) is 7.91. The molecule has 0 spiro atoms. The number of allylic oxidation sites excluding steroid dienone is 4. The predicted octanol–water partition coefficient (Wildman–Crippen LogP) is 7.29. The van der Waals surface area contributed by atoms with E-state index < -0.39 is 41.5 Å². The Kier molecular flexibility index (Phi) is 8.22. The second-order valence-electron chi connectivity index (χ2n) is 14.9. The lowest BCUT2D eigenvalue weighted by Crippen LogP contribution is -2.63. The molecule has 46 heavy (non-hydrogen) atoms. The number of ketones is 2. The van der Waals surface area contributed by atoms with Crippen molar-refractivity contribution in [1.29, 1.82) is 0 Å². The largest absolute Gasteiger partial charge is 0.393 e. The van der Waals surface area contributed by atoms with E-state index in [1.165, 1.54) is 0 Å². The van der Waals surface area contributed by atoms with Crippen molar-refractivity contribution < 1.29 is 29.3 Å². The molecule has 0 amide bonds. The molecule has 3 saturated carbocycles. The van der Waals surface area contributed by atoms with E-state index in [1.807, 2.05) is 42.5 Å². The third-order valence-corrected chi connectivity index (χ3v) is 13.2. The number of hydrogen-bond acceptors (Lipinski definition) is 7. The molecule has 7 rings (SSSR count). The van der Waals surface area contributed by atoms with Crippen LogP contribution in [0.4, 0.5) is 0 Å². The fourth-order valence-electron chi connectivity index (χ4n) is 9.87. The van der Waals surface area contributed by atoms with E-state index in [-0.39, 0.29) is 29.3 Å². The van der Waals surface area contributed by atoms with Gasteiger partial charge in [-0.3, -0.25) is 9.59 Å². The van der Waals surface area contributed by atoms with Crippen molar-refractivity contribution in [2.24, 2.45) is 34.5 Å². The molecule has 1 saturated heterocycles. The molecular formula is C38H43ClO6S. The SMILES string of the molecule is CC(C)Cc1cc(Sc2ccc([C@@H]3O[C@@H]4C[C@H]5[C@@H]6CCC7=CC(=O)C=C[C@]7(C)[C@H]6[C@@H](O)C[C@]5(C)[C@]4(C(=O)CO)O3)cc2)ccc1Cl. The summed E-state index contributed by atoms with van der Waals surface area (Å²) in [6.07, 6.45) is 6.88. The normalized spacial score (nSPS) is 37.8. The molecule has 9 atom stereocenters. The number of aliphatic hydroxyl groups excluding tert-OH is 2. The third kappa shape index (κ3) is 4.91. The maximum atomic E-state index is 13.8. The Hall–Kier alpha value is -2.26. The summed E-state index contributed by atoms with van der Waals surface area (Å²) in [5.41, 5.74) is 0.553. The fourth-order valence-corrected chi connectivity index (χ4v) is 11.0. The van der Waals surface area contributed by atoms with Gasteiger partial charge >= 0.3 is 0 Å². The number of halogens is 1. The summed E-state index contributed by atoms with van der Waals surface area (Å²) in [5, 5.41) is 22.9. The van der Waals surface area contributed by atoms with E-state index in [0.717, 1.165) is 50.8 Å². The molecular weight excluding hydrogens is 620 g/mol. The molecule has 0 bridgehead atoms. The Morgan fingerprint density at radius 1 is 1.13 bits per heavy atom. The number of hydrogen-bond donors (Lipinski definition) is 2. The Morgan fingerprint density at radius 2 is 1.87 bits per heavy atom. The van der Waals surface area contributed by atoms with Crippen LogP contribution in [0.5, 0.6) is 0 Å². The van der Waals surface area contributed by atoms with Crippen LogP contribution in [-0.2, 0) is 25.5 Å². The van der Waals surface area contributed by atoms with Crippen LogP contribution in [0.25, 0.3) is 0 Å². The van der Waals surface area contributed by atoms with Crippen molar-refractivity contribution >= 4 is 34.9 Å². The summed E-state index contributed by atoms with van der Waals surface area (Å²) in [4.78, 5) is 28.2. The minimum atomic E-state index is -1.36. The van der Waals surface area contributed by atoms with E-state index in [1.54, 1.807) is 23.9 Å². The van der Waals surface area contributed by atoms with Crippen molar-refractivity contribution in [3.8, 4) is 0 Å². The molecule has 4 aliphatic carbocycles. The van der Waals surface area contributed by atoms with Gasteiger partial charge in [0, 0.05) is 37.1 Å². The van der Waals surface area contributed by atoms with Crippen LogP contribution in [-0.4, -0.2) is 46.2 Å². The lowest BCUT2D eigenvalue weighted by Gasteiger charge is -2.59. The predicted molar refractivity (Wildman–Crippen MR) is 177 cm³/mol. The van der Waals surface area contributed by atoms with Gasteiger partial charge in [0.1, 0.15) is 6.61 Å². The van der Waals surface area contributed by atoms with Gasteiger partial charge in [0.15, 0.2) is 23.5 Å². The number of carbonyl (C=O) groups is 2. The van der Waals surface area contributed by atoms with Crippen LogP contribution < -0.4 is 0 Å². The first kappa shape index (κ1) is 32.3. The molecule has 0 radical (unpaired) electrons. The first-order valence-electron chi connectivity index (χ1n) is 16.6. The Bertz CT molecular complexity index is 1620. The molecule has 2 aromatic carbocycles. The van der Waals surface area contributed by atoms with Gasteiger partial charge in [0.25, 0.3) is 0 Å². The first-order valence-corrected chi connectivity index (χ1v) is 17.7. The quantitative estimate of drug-likeness (QED) is 0.322. The Labute approximate surface area is 280 Å². The van der Waals surface area contributed by atoms with Crippen LogP contribution in [0.2, 0.25) is 5.02 Å². The summed E-state index contributed by atoms with van der Waals surface area (Å²) in [7, 11) is 0. The number of benzene rings is 2. The van der Waals surface area contributed by atoms with E-state index in [4.69, 9.17) is 21.1 Å². The van der Waals surface area contributed by atoms with Gasteiger partial charge in [-0.05, 0) is 97.9 Å². The minimum absolute atomic E-state index is 0.00387. The molecule has 0 aromatic heterocycles. The van der Waals surface area contributed by atoms with Crippen LogP contribution in [0, 0.1) is 34.5 Å². The van der Waals surface area contributed by atoms with Gasteiger partial charge in [0.05, 0.1) is 12.2 Å². The smallest absolute Gasteiger partial charge is 0.193 e. The molecule has 1 aliphatic heterocycles. The molecule has 2 aromatic rings. The number of ether oxygens (including phenoxy) is 2. The average Bonchev–Trinajstić information content (AvgIpc) is 3.51. The summed E-state index contributed by atoms with van der Waals surface area (Å²) >= 11 is 8.11. The molecule has 8 heteroatoms. The molecule has 1 heterocycles. The molecule has 6 nitrogen and oxygen atoms in total. The monoisotopic (exact) mass is 662 g/mol. The molecule has 4 fully saturated rings. The van der Waals surface area contributed by atoms with Crippen molar-refractivity contribution in [2.75, 3.05) is 6.61 Å². The van der Waals surface area contributed by atoms with E-state index in [0.29, 0.717) is 18.8 Å². The fraction of sp³-hybridized carbons (Fsp3) is 0.526. The number of carbonyl (C=O) groups excluding carboxylic acids is 2. The molecule has 5 aliphatic rings. The highest BCUT2D eigenvalue weighted by atomic mass is 35.5. The second kappa shape index (κ2) is 11.7. The zero-order chi connectivity index (χ0) is 32.6. The third-order valence-electron chi connectivity index (χ3n) is 11.8. The highest BCUT2D eigenvalue weighted by Gasteiger charge is 2.75. The molecule has 2 N–H and O–H groups in total. The molecule has 0 unspecified atom stereocenters. The van der Waals surface area contributed by atoms with Crippen LogP contribution in [0.3, 0.4) is 0 Å². The van der Waals surface area contributed by atoms with Gasteiger partial charge in [-0.2, -0.15) is 0 Å². The van der Waals surface area contributed by atoms with Gasteiger partial charge in [0.2, 0.25) is 0 Å². The average molecular weight is 663 g/mol. The standard InChI is InChI=1S/C38H43ClO6S/c1-21(2)15-23-16-27(10-12-30(23)39)46-26-8-5-22(6-9-26)35-44-33-18-29-28-11-7-24-17-25(41)13-14-36(24,3)34(28)31(42)19-37(29,4)38(33,45-35)32(43)20-40/h5-6,8-10,12-14,16-17,21,28-29,31,33-35,40,42H,7,11,15,18-20H2,1-4H3/t28-,29-,31-,33+,34+,35+,36-,37-,38+/m0/s1. The number of aliphatic hydroxyl groups is 2. The van der Waals surface area contributed by atoms with E-state index >= 15 is 0 Å². The van der Waals surface area contributed by atoms with E-state index in [9.17, 15) is 19.8 Å². The van der Waals surface area contributed by atoms with Crippen LogP contribution in [0.1, 0.15) is 70.8 Å². The number of fused-ring (bicyclic) bond motifs is 7. The van der Waals surface area contributed by atoms with E-state index in [2.05, 4.69) is 33.8 Å². The lowest BCUT2D eigenvalue weighted by molar-refractivity contribution is -0.201. The zero-order valence-electron chi connectivity index (χ0n) is 26.9. The summed E-state index contributed by atoms with van der Waals surface area (Å²) < 4.78 is 13.4. The first-order chi connectivity index (χ1) is 21.9. The minimum Gasteiger partial charge on any atom is -0.393 e. The number of Topliss-reactive ketones (excluding diaryl/α,β-unsaturated/α-hetero) is 1. The van der Waals surface area contributed by atoms with Crippen molar-refractivity contribution in [3.63, 3.8) is 0 Å². The van der Waals surface area contributed by atoms with Crippen molar-refractivity contribution in [3.05, 3.63) is 82.4 Å². The van der Waals surface area contributed by atoms with Gasteiger partial charge in [-0.25, -0.2) is 0 Å². The Balaban J connectivity index is 1.14. The molecule has 244 valence electrons. The highest BCUT2D eigenvalue weighted by molar-refractivity contribution is 7.99. The lowest BCUT2D eigenvalue weighted by atomic mass is 9.46. The second-order valence-corrected chi connectivity index (χ2v) is 16.4. The van der Waals surface area contributed by atoms with Crippen LogP contribution in [0.15, 0.2) is 76.1 Å².